The zero-order valence-corrected chi connectivity index (χ0v) is 19.8. The molecule has 0 aliphatic heterocycles. The van der Waals surface area contributed by atoms with Crippen molar-refractivity contribution in [2.24, 2.45) is 11.7 Å². The minimum absolute atomic E-state index is 0.0360. The topological polar surface area (TPSA) is 187 Å². The maximum atomic E-state index is 13.1. The van der Waals surface area contributed by atoms with Crippen molar-refractivity contribution in [1.29, 1.82) is 0 Å². The highest BCUT2D eigenvalue weighted by atomic mass is 32.1. The van der Waals surface area contributed by atoms with Crippen LogP contribution >= 0.6 is 12.6 Å². The molecule has 0 fully saturated rings. The minimum atomic E-state index is -1.54. The molecule has 2 aromatic rings. The first-order valence-electron chi connectivity index (χ1n) is 10.7. The molecule has 0 bridgehead atoms. The number of aliphatic hydroxyl groups is 1. The van der Waals surface area contributed by atoms with E-state index in [1.807, 2.05) is 24.3 Å². The van der Waals surface area contributed by atoms with Gasteiger partial charge >= 0.3 is 5.97 Å². The summed E-state index contributed by atoms with van der Waals surface area (Å²) < 4.78 is 0. The van der Waals surface area contributed by atoms with Gasteiger partial charge in [-0.2, -0.15) is 12.6 Å². The number of benzene rings is 1. The van der Waals surface area contributed by atoms with E-state index in [0.29, 0.717) is 5.56 Å². The van der Waals surface area contributed by atoms with Crippen molar-refractivity contribution in [1.82, 2.24) is 20.9 Å². The fourth-order valence-corrected chi connectivity index (χ4v) is 3.49. The molecule has 0 spiro atoms. The van der Waals surface area contributed by atoms with E-state index >= 15 is 0 Å². The van der Waals surface area contributed by atoms with Gasteiger partial charge < -0.3 is 36.9 Å². The van der Waals surface area contributed by atoms with Crippen molar-refractivity contribution in [2.75, 3.05) is 12.4 Å². The van der Waals surface area contributed by atoms with E-state index in [4.69, 9.17) is 5.73 Å². The van der Waals surface area contributed by atoms with Gasteiger partial charge in [0.15, 0.2) is 0 Å². The summed E-state index contributed by atoms with van der Waals surface area (Å²) in [6, 6.07) is 2.75. The summed E-state index contributed by atoms with van der Waals surface area (Å²) in [5, 5.41) is 26.7. The quantitative estimate of drug-likeness (QED) is 0.177. The molecule has 11 nitrogen and oxygen atoms in total. The Morgan fingerprint density at radius 2 is 1.68 bits per heavy atom. The fraction of sp³-hybridized carbons (Fsp3) is 0.455. The number of para-hydroxylation sites is 1. The standard InChI is InChI=1S/C22H31N5O6S/c1-11(2)18(27-19(29)14(23)10-34)21(31)25-16(20(30)26-17(9-28)22(32)33)7-12-8-24-15-6-4-3-5-13(12)15/h3-6,8,11,14,16-18,24,28,34H,7,9-10,23H2,1-2H3,(H,25,31)(H,26,30)(H,27,29)(H,32,33). The lowest BCUT2D eigenvalue weighted by Crippen LogP contribution is -2.59. The molecule has 1 aromatic heterocycles. The molecule has 12 heteroatoms. The van der Waals surface area contributed by atoms with Crippen LogP contribution in [0.5, 0.6) is 0 Å². The number of nitrogens with two attached hydrogens (primary N) is 1. The summed E-state index contributed by atoms with van der Waals surface area (Å²) in [6.45, 7) is 2.62. The SMILES string of the molecule is CC(C)C(NC(=O)C(N)CS)C(=O)NC(Cc1c[nH]c2ccccc12)C(=O)NC(CO)C(=O)O. The maximum absolute atomic E-state index is 13.1. The molecule has 0 aliphatic carbocycles. The Hall–Kier alpha value is -3.09. The van der Waals surface area contributed by atoms with Gasteiger partial charge in [0.25, 0.3) is 0 Å². The molecule has 186 valence electrons. The molecule has 34 heavy (non-hydrogen) atoms. The van der Waals surface area contributed by atoms with Crippen LogP contribution in [-0.2, 0) is 25.6 Å². The number of aromatic amines is 1. The predicted octanol–water partition coefficient (Wildman–Crippen LogP) is -0.845. The van der Waals surface area contributed by atoms with Gasteiger partial charge in [-0.15, -0.1) is 0 Å². The lowest BCUT2D eigenvalue weighted by Gasteiger charge is -2.26. The fourth-order valence-electron chi connectivity index (χ4n) is 3.33. The predicted molar refractivity (Wildman–Crippen MR) is 129 cm³/mol. The van der Waals surface area contributed by atoms with Gasteiger partial charge in [0.1, 0.15) is 18.1 Å². The van der Waals surface area contributed by atoms with Crippen LogP contribution < -0.4 is 21.7 Å². The molecule has 0 saturated carbocycles. The number of aliphatic carboxylic acids is 1. The molecular weight excluding hydrogens is 462 g/mol. The number of carbonyl (C=O) groups excluding carboxylic acids is 3. The first-order valence-corrected chi connectivity index (χ1v) is 11.4. The van der Waals surface area contributed by atoms with Crippen molar-refractivity contribution in [3.05, 3.63) is 36.0 Å². The normalized spacial score (nSPS) is 14.8. The van der Waals surface area contributed by atoms with E-state index in [0.717, 1.165) is 10.9 Å². The minimum Gasteiger partial charge on any atom is -0.480 e. The van der Waals surface area contributed by atoms with E-state index in [2.05, 4.69) is 33.6 Å². The van der Waals surface area contributed by atoms with Crippen molar-refractivity contribution in [3.63, 3.8) is 0 Å². The maximum Gasteiger partial charge on any atom is 0.328 e. The van der Waals surface area contributed by atoms with Crippen molar-refractivity contribution in [3.8, 4) is 0 Å². The number of aliphatic hydroxyl groups excluding tert-OH is 1. The number of carboxylic acids is 1. The number of nitrogens with one attached hydrogen (secondary N) is 4. The van der Waals surface area contributed by atoms with Gasteiger partial charge in [-0.25, -0.2) is 4.79 Å². The molecule has 3 amide bonds. The number of fused-ring (bicyclic) bond motifs is 1. The van der Waals surface area contributed by atoms with Crippen molar-refractivity contribution in [2.45, 2.75) is 44.4 Å². The number of H-pyrrole nitrogens is 1. The third-order valence-electron chi connectivity index (χ3n) is 5.31. The van der Waals surface area contributed by atoms with Crippen LogP contribution in [0, 0.1) is 5.92 Å². The Morgan fingerprint density at radius 1 is 1.03 bits per heavy atom. The number of aromatic nitrogens is 1. The van der Waals surface area contributed by atoms with Gasteiger partial charge in [0.2, 0.25) is 17.7 Å². The second kappa shape index (κ2) is 12.4. The van der Waals surface area contributed by atoms with E-state index in [9.17, 15) is 29.4 Å². The Labute approximate surface area is 202 Å². The van der Waals surface area contributed by atoms with E-state index in [1.54, 1.807) is 20.0 Å². The Kier molecular flexibility index (Phi) is 9.90. The third-order valence-corrected chi connectivity index (χ3v) is 5.70. The summed E-state index contributed by atoms with van der Waals surface area (Å²) in [6.07, 6.45) is 1.74. The summed E-state index contributed by atoms with van der Waals surface area (Å²) in [5.74, 6) is -3.65. The van der Waals surface area contributed by atoms with Gasteiger partial charge in [-0.05, 0) is 17.5 Å². The van der Waals surface area contributed by atoms with Crippen LogP contribution in [0.1, 0.15) is 19.4 Å². The average Bonchev–Trinajstić information content (AvgIpc) is 3.21. The first-order chi connectivity index (χ1) is 16.1. The number of rotatable bonds is 12. The summed E-state index contributed by atoms with van der Waals surface area (Å²) in [4.78, 5) is 52.6. The number of amides is 3. The monoisotopic (exact) mass is 493 g/mol. The van der Waals surface area contributed by atoms with Crippen LogP contribution in [0.25, 0.3) is 10.9 Å². The zero-order valence-electron chi connectivity index (χ0n) is 18.9. The van der Waals surface area contributed by atoms with Crippen LogP contribution in [0.4, 0.5) is 0 Å². The highest BCUT2D eigenvalue weighted by Gasteiger charge is 2.32. The van der Waals surface area contributed by atoms with Crippen molar-refractivity contribution < 1.29 is 29.4 Å². The van der Waals surface area contributed by atoms with Crippen LogP contribution in [0.3, 0.4) is 0 Å². The highest BCUT2D eigenvalue weighted by Crippen LogP contribution is 2.19. The average molecular weight is 494 g/mol. The van der Waals surface area contributed by atoms with Crippen LogP contribution in [0.2, 0.25) is 0 Å². The second-order valence-electron chi connectivity index (χ2n) is 8.23. The molecule has 4 atom stereocenters. The Bertz CT molecular complexity index is 1030. The van der Waals surface area contributed by atoms with Gasteiger partial charge in [-0.1, -0.05) is 32.0 Å². The highest BCUT2D eigenvalue weighted by molar-refractivity contribution is 7.80. The molecule has 1 heterocycles. The molecule has 8 N–H and O–H groups in total. The summed E-state index contributed by atoms with van der Waals surface area (Å²) in [5.41, 5.74) is 7.23. The molecule has 2 rings (SSSR count). The van der Waals surface area contributed by atoms with Gasteiger partial charge in [0, 0.05) is 29.3 Å². The zero-order chi connectivity index (χ0) is 25.4. The molecule has 1 aromatic carbocycles. The van der Waals surface area contributed by atoms with E-state index in [-0.39, 0.29) is 18.1 Å². The molecule has 0 saturated heterocycles. The van der Waals surface area contributed by atoms with Crippen LogP contribution in [0.15, 0.2) is 30.5 Å². The van der Waals surface area contributed by atoms with Crippen molar-refractivity contribution >= 4 is 47.2 Å². The Morgan fingerprint density at radius 3 is 2.26 bits per heavy atom. The lowest BCUT2D eigenvalue weighted by atomic mass is 10.00. The van der Waals surface area contributed by atoms with E-state index in [1.165, 1.54) is 0 Å². The van der Waals surface area contributed by atoms with Crippen LogP contribution in [-0.4, -0.2) is 75.4 Å². The number of thiol groups is 1. The second-order valence-corrected chi connectivity index (χ2v) is 8.59. The third kappa shape index (κ3) is 6.95. The number of carbonyl (C=O) groups is 4. The molecule has 4 unspecified atom stereocenters. The number of hydrogen-bond acceptors (Lipinski definition) is 7. The molecular formula is C22H31N5O6S. The van der Waals surface area contributed by atoms with Gasteiger partial charge in [-0.3, -0.25) is 14.4 Å². The lowest BCUT2D eigenvalue weighted by molar-refractivity contribution is -0.143. The smallest absolute Gasteiger partial charge is 0.328 e. The summed E-state index contributed by atoms with van der Waals surface area (Å²) in [7, 11) is 0. The number of hydrogen-bond donors (Lipinski definition) is 8. The Balaban J connectivity index is 2.29. The van der Waals surface area contributed by atoms with E-state index < -0.39 is 54.5 Å². The largest absolute Gasteiger partial charge is 0.480 e. The van der Waals surface area contributed by atoms with Gasteiger partial charge in [0.05, 0.1) is 12.6 Å². The number of carboxylic acid groups (broad SMARTS) is 1. The molecule has 0 aliphatic rings. The molecule has 0 radical (unpaired) electrons. The summed E-state index contributed by atoms with van der Waals surface area (Å²) >= 11 is 3.99. The first kappa shape index (κ1) is 27.2.